The number of thioether (sulfide) groups is 1. The first-order valence-electron chi connectivity index (χ1n) is 8.13. The van der Waals surface area contributed by atoms with Crippen LogP contribution in [-0.2, 0) is 4.79 Å². The zero-order chi connectivity index (χ0) is 17.6. The van der Waals surface area contributed by atoms with Gasteiger partial charge in [0.2, 0.25) is 11.1 Å². The van der Waals surface area contributed by atoms with Crippen molar-refractivity contribution in [1.82, 2.24) is 14.9 Å². The highest BCUT2D eigenvalue weighted by Crippen LogP contribution is 2.19. The Morgan fingerprint density at radius 1 is 1.32 bits per heavy atom. The van der Waals surface area contributed by atoms with Gasteiger partial charge >= 0.3 is 0 Å². The summed E-state index contributed by atoms with van der Waals surface area (Å²) in [6.45, 7) is 1.95. The lowest BCUT2D eigenvalue weighted by molar-refractivity contribution is -0.113. The number of nitrogens with zero attached hydrogens (tertiary/aromatic N) is 4. The average molecular weight is 359 g/mol. The van der Waals surface area contributed by atoms with Crippen molar-refractivity contribution in [2.75, 3.05) is 22.3 Å². The number of rotatable bonds is 6. The number of hydrazone groups is 1. The van der Waals surface area contributed by atoms with Gasteiger partial charge in [0, 0.05) is 11.4 Å². The highest BCUT2D eigenvalue weighted by Gasteiger charge is 2.13. The van der Waals surface area contributed by atoms with Crippen LogP contribution in [0.3, 0.4) is 0 Å². The normalized spacial score (nSPS) is 13.7. The second-order valence-electron chi connectivity index (χ2n) is 5.82. The molecule has 0 saturated heterocycles. The molecule has 1 aliphatic carbocycles. The Hall–Kier alpha value is -2.55. The van der Waals surface area contributed by atoms with Gasteiger partial charge in [-0.25, -0.2) is 10.1 Å². The first kappa shape index (κ1) is 17.3. The molecular weight excluding hydrogens is 338 g/mol. The summed E-state index contributed by atoms with van der Waals surface area (Å²) in [7, 11) is 0. The third-order valence-corrected chi connectivity index (χ3v) is 4.85. The molecule has 1 aromatic heterocycles. The fourth-order valence-corrected chi connectivity index (χ4v) is 3.16. The van der Waals surface area contributed by atoms with Crippen LogP contribution < -0.4 is 16.6 Å². The molecule has 9 heteroatoms. The number of aryl methyl sites for hydroxylation is 1. The monoisotopic (exact) mass is 359 g/mol. The lowest BCUT2D eigenvalue weighted by Crippen LogP contribution is -2.17. The summed E-state index contributed by atoms with van der Waals surface area (Å²) in [5, 5.41) is 15.6. The van der Waals surface area contributed by atoms with E-state index < -0.39 is 0 Å². The minimum Gasteiger partial charge on any atom is -0.334 e. The maximum atomic E-state index is 12.1. The van der Waals surface area contributed by atoms with E-state index in [9.17, 15) is 4.79 Å². The zero-order valence-electron chi connectivity index (χ0n) is 14.0. The molecule has 0 spiro atoms. The van der Waals surface area contributed by atoms with E-state index in [4.69, 9.17) is 5.84 Å². The number of nitrogen functional groups attached to an aromatic ring is 1. The van der Waals surface area contributed by atoms with Crippen molar-refractivity contribution in [1.29, 1.82) is 0 Å². The predicted octanol–water partition coefficient (Wildman–Crippen LogP) is 2.37. The average Bonchev–Trinajstić information content (AvgIpc) is 3.23. The van der Waals surface area contributed by atoms with Crippen LogP contribution in [0.25, 0.3) is 0 Å². The van der Waals surface area contributed by atoms with Crippen molar-refractivity contribution in [3.05, 3.63) is 29.8 Å². The summed E-state index contributed by atoms with van der Waals surface area (Å²) < 4.78 is 1.31. The number of anilines is 2. The number of hydrogen-bond donors (Lipinski definition) is 3. The van der Waals surface area contributed by atoms with Crippen LogP contribution in [0.2, 0.25) is 0 Å². The van der Waals surface area contributed by atoms with E-state index in [1.54, 1.807) is 0 Å². The molecule has 0 radical (unpaired) electrons. The highest BCUT2D eigenvalue weighted by molar-refractivity contribution is 7.99. The molecule has 4 N–H and O–H groups in total. The SMILES string of the molecule is Cc1ccccc1NC(=O)CSc1nnc(NN=C2CCCC2)n1N. The second-order valence-corrected chi connectivity index (χ2v) is 6.77. The number of hydrogen-bond acceptors (Lipinski definition) is 7. The van der Waals surface area contributed by atoms with Gasteiger partial charge in [-0.2, -0.15) is 5.10 Å². The first-order chi connectivity index (χ1) is 12.1. The Morgan fingerprint density at radius 2 is 2.08 bits per heavy atom. The standard InChI is InChI=1S/C16H21N7OS/c1-11-6-2-5-9-13(11)18-14(24)10-25-16-22-21-15(23(16)17)20-19-12-7-3-4-8-12/h2,5-6,9H,3-4,7-8,10,17H2,1H3,(H,18,24)(H,20,21). The van der Waals surface area contributed by atoms with Crippen molar-refractivity contribution in [3.8, 4) is 0 Å². The van der Waals surface area contributed by atoms with E-state index in [-0.39, 0.29) is 11.7 Å². The number of carbonyl (C=O) groups is 1. The lowest BCUT2D eigenvalue weighted by Gasteiger charge is -2.07. The molecule has 0 atom stereocenters. The van der Waals surface area contributed by atoms with Crippen molar-refractivity contribution in [2.24, 2.45) is 5.10 Å². The van der Waals surface area contributed by atoms with Crippen LogP contribution in [0, 0.1) is 6.92 Å². The number of carbonyl (C=O) groups excluding carboxylic acids is 1. The molecule has 132 valence electrons. The molecule has 1 fully saturated rings. The first-order valence-corrected chi connectivity index (χ1v) is 9.12. The highest BCUT2D eigenvalue weighted by atomic mass is 32.2. The predicted molar refractivity (Wildman–Crippen MR) is 100 cm³/mol. The van der Waals surface area contributed by atoms with Crippen molar-refractivity contribution in [3.63, 3.8) is 0 Å². The molecule has 1 heterocycles. The molecule has 0 unspecified atom stereocenters. The molecule has 25 heavy (non-hydrogen) atoms. The van der Waals surface area contributed by atoms with Crippen molar-refractivity contribution in [2.45, 2.75) is 37.8 Å². The van der Waals surface area contributed by atoms with E-state index in [0.717, 1.165) is 29.8 Å². The quantitative estimate of drug-likeness (QED) is 0.415. The van der Waals surface area contributed by atoms with Crippen LogP contribution in [0.5, 0.6) is 0 Å². The Bertz CT molecular complexity index is 779. The molecule has 1 saturated carbocycles. The van der Waals surface area contributed by atoms with Crippen LogP contribution in [0.4, 0.5) is 11.6 Å². The number of nitrogens with two attached hydrogens (primary N) is 1. The lowest BCUT2D eigenvalue weighted by atomic mass is 10.2. The van der Waals surface area contributed by atoms with Gasteiger partial charge in [0.25, 0.3) is 5.95 Å². The van der Waals surface area contributed by atoms with Gasteiger partial charge in [-0.15, -0.1) is 10.2 Å². The van der Waals surface area contributed by atoms with Gasteiger partial charge in [0.05, 0.1) is 5.75 Å². The third-order valence-electron chi connectivity index (χ3n) is 3.91. The topological polar surface area (TPSA) is 110 Å². The van der Waals surface area contributed by atoms with E-state index in [1.165, 1.54) is 29.3 Å². The fraction of sp³-hybridized carbons (Fsp3) is 0.375. The van der Waals surface area contributed by atoms with Crippen LogP contribution in [0.1, 0.15) is 31.2 Å². The van der Waals surface area contributed by atoms with E-state index in [1.807, 2.05) is 31.2 Å². The molecule has 3 rings (SSSR count). The Kier molecular flexibility index (Phi) is 5.54. The van der Waals surface area contributed by atoms with Gasteiger partial charge in [-0.3, -0.25) is 4.79 Å². The van der Waals surface area contributed by atoms with Gasteiger partial charge in [0.1, 0.15) is 0 Å². The largest absolute Gasteiger partial charge is 0.334 e. The number of para-hydroxylation sites is 1. The summed E-state index contributed by atoms with van der Waals surface area (Å²) in [6.07, 6.45) is 4.36. The number of nitrogens with one attached hydrogen (secondary N) is 2. The molecule has 1 aromatic carbocycles. The Labute approximate surface area is 150 Å². The molecule has 0 bridgehead atoms. The minimum atomic E-state index is -0.122. The number of amides is 1. The third kappa shape index (κ3) is 4.50. The molecule has 1 aliphatic rings. The molecule has 2 aromatic rings. The van der Waals surface area contributed by atoms with E-state index in [2.05, 4.69) is 26.0 Å². The summed E-state index contributed by atoms with van der Waals surface area (Å²) in [6, 6.07) is 7.63. The summed E-state index contributed by atoms with van der Waals surface area (Å²) in [4.78, 5) is 12.1. The summed E-state index contributed by atoms with van der Waals surface area (Å²) >= 11 is 1.22. The van der Waals surface area contributed by atoms with Gasteiger partial charge in [-0.1, -0.05) is 30.0 Å². The Morgan fingerprint density at radius 3 is 2.84 bits per heavy atom. The maximum absolute atomic E-state index is 12.1. The van der Waals surface area contributed by atoms with E-state index in [0.29, 0.717) is 11.1 Å². The van der Waals surface area contributed by atoms with Crippen LogP contribution in [0.15, 0.2) is 34.5 Å². The maximum Gasteiger partial charge on any atom is 0.264 e. The van der Waals surface area contributed by atoms with Gasteiger partial charge < -0.3 is 11.2 Å². The van der Waals surface area contributed by atoms with Crippen LogP contribution in [-0.4, -0.2) is 32.2 Å². The molecule has 0 aliphatic heterocycles. The molecule has 8 nitrogen and oxygen atoms in total. The molecule has 1 amide bonds. The molecular formula is C16H21N7OS. The number of aromatic nitrogens is 3. The van der Waals surface area contributed by atoms with Gasteiger partial charge in [-0.05, 0) is 44.2 Å². The van der Waals surface area contributed by atoms with Crippen molar-refractivity contribution >= 4 is 35.0 Å². The van der Waals surface area contributed by atoms with E-state index >= 15 is 0 Å². The summed E-state index contributed by atoms with van der Waals surface area (Å²) in [5.74, 6) is 6.39. The second kappa shape index (κ2) is 8.02. The van der Waals surface area contributed by atoms with Crippen LogP contribution >= 0.6 is 11.8 Å². The fourth-order valence-electron chi connectivity index (χ4n) is 2.51. The smallest absolute Gasteiger partial charge is 0.264 e. The Balaban J connectivity index is 1.54. The zero-order valence-corrected chi connectivity index (χ0v) is 14.8. The van der Waals surface area contributed by atoms with Gasteiger partial charge in [0.15, 0.2) is 0 Å². The minimum absolute atomic E-state index is 0.122. The summed E-state index contributed by atoms with van der Waals surface area (Å²) in [5.41, 5.74) is 5.79. The number of benzene rings is 1. The van der Waals surface area contributed by atoms with Crippen molar-refractivity contribution < 1.29 is 4.79 Å².